The van der Waals surface area contributed by atoms with Crippen LogP contribution >= 0.6 is 0 Å². The molecule has 6 nitrogen and oxygen atoms in total. The van der Waals surface area contributed by atoms with Crippen LogP contribution < -0.4 is 10.2 Å². The maximum atomic E-state index is 14.7. The number of hydrogen-bond acceptors (Lipinski definition) is 6. The van der Waals surface area contributed by atoms with Crippen LogP contribution in [0.1, 0.15) is 11.3 Å². The minimum Gasteiger partial charge on any atom is -0.380 e. The first-order chi connectivity index (χ1) is 11.0. The molecule has 4 heterocycles. The van der Waals surface area contributed by atoms with Gasteiger partial charge in [0.25, 0.3) is 0 Å². The van der Waals surface area contributed by atoms with E-state index in [0.29, 0.717) is 23.7 Å². The summed E-state index contributed by atoms with van der Waals surface area (Å²) in [4.78, 5) is 15.5. The zero-order chi connectivity index (χ0) is 16.3. The second-order valence-corrected chi connectivity index (χ2v) is 6.49. The SMILES string of the molecule is C=C1N=C2c3c(nc(C)c(F)c3NCC3CN(C)CCN23)N1C. The lowest BCUT2D eigenvalue weighted by Gasteiger charge is -2.41. The Morgan fingerprint density at radius 2 is 2.09 bits per heavy atom. The second kappa shape index (κ2) is 4.92. The molecule has 0 bridgehead atoms. The van der Waals surface area contributed by atoms with Crippen LogP contribution in [-0.2, 0) is 0 Å². The number of aryl methyl sites for hydroxylation is 1. The van der Waals surface area contributed by atoms with Gasteiger partial charge in [0.1, 0.15) is 17.5 Å². The Balaban J connectivity index is 1.94. The first-order valence-electron chi connectivity index (χ1n) is 7.88. The van der Waals surface area contributed by atoms with Gasteiger partial charge in [-0.2, -0.15) is 0 Å². The lowest BCUT2D eigenvalue weighted by Crippen LogP contribution is -2.56. The Bertz CT molecular complexity index is 728. The predicted octanol–water partition coefficient (Wildman–Crippen LogP) is 1.24. The van der Waals surface area contributed by atoms with Gasteiger partial charge in [-0.25, -0.2) is 14.4 Å². The summed E-state index contributed by atoms with van der Waals surface area (Å²) in [6, 6.07) is 0.253. The molecule has 0 aromatic carbocycles. The summed E-state index contributed by atoms with van der Waals surface area (Å²) in [6.07, 6.45) is 0. The van der Waals surface area contributed by atoms with Gasteiger partial charge in [-0.3, -0.25) is 0 Å². The lowest BCUT2D eigenvalue weighted by atomic mass is 10.1. The molecule has 3 aliphatic rings. The quantitative estimate of drug-likeness (QED) is 0.780. The fraction of sp³-hybridized carbons (Fsp3) is 0.500. The molecule has 1 unspecified atom stereocenters. The highest BCUT2D eigenvalue weighted by atomic mass is 19.1. The normalized spacial score (nSPS) is 23.7. The first kappa shape index (κ1) is 14.4. The molecule has 1 atom stereocenters. The van der Waals surface area contributed by atoms with Crippen molar-refractivity contribution in [2.24, 2.45) is 4.99 Å². The minimum absolute atomic E-state index is 0.253. The molecular weight excluding hydrogens is 295 g/mol. The van der Waals surface area contributed by atoms with Crippen molar-refractivity contribution >= 4 is 17.3 Å². The summed E-state index contributed by atoms with van der Waals surface area (Å²) in [5.41, 5.74) is 1.67. The molecule has 3 aliphatic heterocycles. The third-order valence-electron chi connectivity index (χ3n) is 4.92. The van der Waals surface area contributed by atoms with E-state index in [1.807, 2.05) is 11.9 Å². The molecule has 0 spiro atoms. The molecule has 1 fully saturated rings. The van der Waals surface area contributed by atoms with E-state index in [1.54, 1.807) is 6.92 Å². The largest absolute Gasteiger partial charge is 0.380 e. The van der Waals surface area contributed by atoms with Crippen molar-refractivity contribution < 1.29 is 4.39 Å². The van der Waals surface area contributed by atoms with Crippen LogP contribution in [0.2, 0.25) is 0 Å². The van der Waals surface area contributed by atoms with Gasteiger partial charge in [-0.05, 0) is 14.0 Å². The van der Waals surface area contributed by atoms with E-state index >= 15 is 0 Å². The Kier molecular flexibility index (Phi) is 3.09. The van der Waals surface area contributed by atoms with Crippen molar-refractivity contribution in [1.82, 2.24) is 14.8 Å². The minimum atomic E-state index is -0.287. The average molecular weight is 316 g/mol. The van der Waals surface area contributed by atoms with Gasteiger partial charge in [0, 0.05) is 33.2 Å². The maximum absolute atomic E-state index is 14.7. The number of anilines is 2. The highest BCUT2D eigenvalue weighted by Gasteiger charge is 2.38. The maximum Gasteiger partial charge on any atom is 0.168 e. The summed E-state index contributed by atoms with van der Waals surface area (Å²) in [6.45, 7) is 9.16. The van der Waals surface area contributed by atoms with Crippen LogP contribution in [0.15, 0.2) is 17.4 Å². The van der Waals surface area contributed by atoms with Crippen molar-refractivity contribution in [1.29, 1.82) is 0 Å². The smallest absolute Gasteiger partial charge is 0.168 e. The van der Waals surface area contributed by atoms with E-state index < -0.39 is 0 Å². The molecular formula is C16H21FN6. The van der Waals surface area contributed by atoms with Crippen LogP contribution in [0.25, 0.3) is 0 Å². The number of likely N-dealkylation sites (N-methyl/N-ethyl adjacent to an activating group) is 1. The Hall–Kier alpha value is -2.15. The number of hydrogen-bond donors (Lipinski definition) is 1. The summed E-state index contributed by atoms with van der Waals surface area (Å²) >= 11 is 0. The van der Waals surface area contributed by atoms with Gasteiger partial charge >= 0.3 is 0 Å². The molecule has 1 aromatic rings. The molecule has 1 N–H and O–H groups in total. The van der Waals surface area contributed by atoms with Crippen molar-refractivity contribution in [3.63, 3.8) is 0 Å². The molecule has 1 saturated heterocycles. The van der Waals surface area contributed by atoms with E-state index in [9.17, 15) is 4.39 Å². The van der Waals surface area contributed by atoms with Crippen molar-refractivity contribution in [3.05, 3.63) is 29.5 Å². The third-order valence-corrected chi connectivity index (χ3v) is 4.92. The highest BCUT2D eigenvalue weighted by Crippen LogP contribution is 2.38. The van der Waals surface area contributed by atoms with Crippen LogP contribution in [0.5, 0.6) is 0 Å². The van der Waals surface area contributed by atoms with E-state index in [4.69, 9.17) is 0 Å². The number of amidine groups is 1. The number of pyridine rings is 1. The van der Waals surface area contributed by atoms with Crippen molar-refractivity contribution in [2.45, 2.75) is 13.0 Å². The topological polar surface area (TPSA) is 47.0 Å². The van der Waals surface area contributed by atoms with Gasteiger partial charge < -0.3 is 20.0 Å². The van der Waals surface area contributed by atoms with E-state index in [0.717, 1.165) is 36.9 Å². The van der Waals surface area contributed by atoms with Crippen LogP contribution in [0.3, 0.4) is 0 Å². The Morgan fingerprint density at radius 3 is 2.87 bits per heavy atom. The number of aromatic nitrogens is 1. The number of rotatable bonds is 0. The fourth-order valence-corrected chi connectivity index (χ4v) is 3.55. The van der Waals surface area contributed by atoms with Gasteiger partial charge in [-0.15, -0.1) is 0 Å². The zero-order valence-corrected chi connectivity index (χ0v) is 13.7. The number of piperazine rings is 1. The summed E-state index contributed by atoms with van der Waals surface area (Å²) in [7, 11) is 3.98. The monoisotopic (exact) mass is 316 g/mol. The van der Waals surface area contributed by atoms with Gasteiger partial charge in [0.2, 0.25) is 0 Å². The Labute approximate surface area is 135 Å². The molecule has 0 saturated carbocycles. The van der Waals surface area contributed by atoms with Crippen LogP contribution in [0, 0.1) is 12.7 Å². The molecule has 4 rings (SSSR count). The molecule has 7 heteroatoms. The van der Waals surface area contributed by atoms with Gasteiger partial charge in [0.05, 0.1) is 23.0 Å². The Morgan fingerprint density at radius 1 is 1.30 bits per heavy atom. The number of halogens is 1. The summed E-state index contributed by atoms with van der Waals surface area (Å²) < 4.78 is 14.7. The third kappa shape index (κ3) is 2.03. The molecule has 1 aromatic heterocycles. The van der Waals surface area contributed by atoms with E-state index in [1.165, 1.54) is 0 Å². The standard InChI is InChI=1S/C16H21FN6/c1-9-13(17)14-12-15(19-9)22(4)10(2)20-16(12)23-6-5-21(3)8-11(23)7-18-14/h11,18H,2,5-8H2,1,3-4H3. The summed E-state index contributed by atoms with van der Waals surface area (Å²) in [5.74, 6) is 1.87. The molecule has 0 aliphatic carbocycles. The van der Waals surface area contributed by atoms with Crippen molar-refractivity contribution in [2.75, 3.05) is 50.5 Å². The van der Waals surface area contributed by atoms with Crippen LogP contribution in [0.4, 0.5) is 15.9 Å². The highest BCUT2D eigenvalue weighted by molar-refractivity contribution is 6.10. The lowest BCUT2D eigenvalue weighted by molar-refractivity contribution is 0.159. The number of nitrogens with zero attached hydrogens (tertiary/aromatic N) is 5. The molecule has 0 amide bonds. The fourth-order valence-electron chi connectivity index (χ4n) is 3.55. The number of fused-ring (bicyclic) bond motifs is 2. The zero-order valence-electron chi connectivity index (χ0n) is 13.7. The predicted molar refractivity (Wildman–Crippen MR) is 89.5 cm³/mol. The second-order valence-electron chi connectivity index (χ2n) is 6.49. The molecule has 23 heavy (non-hydrogen) atoms. The summed E-state index contributed by atoms with van der Waals surface area (Å²) in [5, 5.41) is 3.31. The van der Waals surface area contributed by atoms with Gasteiger partial charge in [-0.1, -0.05) is 6.58 Å². The van der Waals surface area contributed by atoms with E-state index in [-0.39, 0.29) is 11.9 Å². The van der Waals surface area contributed by atoms with E-state index in [2.05, 4.69) is 38.7 Å². The van der Waals surface area contributed by atoms with Crippen molar-refractivity contribution in [3.8, 4) is 0 Å². The molecule has 0 radical (unpaired) electrons. The van der Waals surface area contributed by atoms with Gasteiger partial charge in [0.15, 0.2) is 5.82 Å². The van der Waals surface area contributed by atoms with Crippen LogP contribution in [-0.4, -0.2) is 66.9 Å². The number of nitrogens with one attached hydrogen (secondary N) is 1. The average Bonchev–Trinajstić information content (AvgIpc) is 2.67. The number of aliphatic imine (C=N–C) groups is 1. The first-order valence-corrected chi connectivity index (χ1v) is 7.88. The molecule has 122 valence electrons.